The van der Waals surface area contributed by atoms with Crippen molar-refractivity contribution in [2.24, 2.45) is 28.6 Å². The average Bonchev–Trinajstić information content (AvgIpc) is 3.16. The number of carbonyl (C=O) groups is 1. The molecule has 0 aromatic carbocycles. The van der Waals surface area contributed by atoms with Crippen LogP contribution in [0.1, 0.15) is 58.3 Å². The highest BCUT2D eigenvalue weighted by Crippen LogP contribution is 2.65. The predicted octanol–water partition coefficient (Wildman–Crippen LogP) is 3.01. The molecule has 3 atom stereocenters. The summed E-state index contributed by atoms with van der Waals surface area (Å²) in [6, 6.07) is 2.07. The van der Waals surface area contributed by atoms with Gasteiger partial charge in [0.05, 0.1) is 11.5 Å². The molecule has 1 N–H and O–H groups in total. The molecule has 0 aromatic heterocycles. The summed E-state index contributed by atoms with van der Waals surface area (Å²) in [6.45, 7) is 2.38. The number of amides is 1. The third-order valence-corrected chi connectivity index (χ3v) is 6.35. The van der Waals surface area contributed by atoms with E-state index in [1.807, 2.05) is 0 Å². The highest BCUT2D eigenvalue weighted by Gasteiger charge is 2.59. The van der Waals surface area contributed by atoms with E-state index in [-0.39, 0.29) is 17.4 Å². The summed E-state index contributed by atoms with van der Waals surface area (Å²) in [5.74, 6) is 2.15. The van der Waals surface area contributed by atoms with E-state index < -0.39 is 0 Å². The van der Waals surface area contributed by atoms with Gasteiger partial charge in [0.25, 0.3) is 0 Å². The normalized spacial score (nSPS) is 46.8. The topological polar surface area (TPSA) is 52.9 Å². The fraction of sp³-hybridized carbons (Fsp3) is 0.882. The van der Waals surface area contributed by atoms with Gasteiger partial charge >= 0.3 is 0 Å². The Morgan fingerprint density at radius 3 is 2.40 bits per heavy atom. The highest BCUT2D eigenvalue weighted by molar-refractivity contribution is 5.84. The second-order valence-corrected chi connectivity index (χ2v) is 8.47. The second kappa shape index (κ2) is 4.00. The van der Waals surface area contributed by atoms with E-state index >= 15 is 0 Å². The lowest BCUT2D eigenvalue weighted by atomic mass is 9.44. The van der Waals surface area contributed by atoms with E-state index in [1.54, 1.807) is 0 Å². The molecule has 0 saturated heterocycles. The van der Waals surface area contributed by atoms with Crippen molar-refractivity contribution in [3.05, 3.63) is 0 Å². The van der Waals surface area contributed by atoms with Crippen LogP contribution in [0.15, 0.2) is 0 Å². The Labute approximate surface area is 121 Å². The van der Waals surface area contributed by atoms with Gasteiger partial charge in [0.2, 0.25) is 5.91 Å². The van der Waals surface area contributed by atoms with Crippen molar-refractivity contribution in [3.63, 3.8) is 0 Å². The molecule has 3 unspecified atom stereocenters. The lowest BCUT2D eigenvalue weighted by Crippen LogP contribution is -2.58. The monoisotopic (exact) mass is 272 g/mol. The van der Waals surface area contributed by atoms with Crippen LogP contribution in [0.4, 0.5) is 0 Å². The van der Waals surface area contributed by atoms with Gasteiger partial charge in [-0.1, -0.05) is 6.92 Å². The van der Waals surface area contributed by atoms with Crippen LogP contribution in [0.25, 0.3) is 0 Å². The number of hydrogen-bond donors (Lipinski definition) is 1. The van der Waals surface area contributed by atoms with E-state index in [0.29, 0.717) is 11.3 Å². The summed E-state index contributed by atoms with van der Waals surface area (Å²) < 4.78 is 0. The van der Waals surface area contributed by atoms with Gasteiger partial charge in [0.15, 0.2) is 0 Å². The molecule has 3 heteroatoms. The maximum Gasteiger partial charge on any atom is 0.227 e. The Hall–Kier alpha value is -1.04. The molecular formula is C17H24N2O. The largest absolute Gasteiger partial charge is 0.340 e. The summed E-state index contributed by atoms with van der Waals surface area (Å²) >= 11 is 0. The average molecular weight is 272 g/mol. The first kappa shape index (κ1) is 12.7. The maximum absolute atomic E-state index is 12.9. The Morgan fingerprint density at radius 1 is 1.25 bits per heavy atom. The fourth-order valence-electron chi connectivity index (χ4n) is 5.97. The van der Waals surface area contributed by atoms with Gasteiger partial charge in [-0.15, -0.1) is 0 Å². The van der Waals surface area contributed by atoms with Gasteiger partial charge in [-0.2, -0.15) is 5.26 Å². The van der Waals surface area contributed by atoms with Crippen LogP contribution in [0.5, 0.6) is 0 Å². The minimum absolute atomic E-state index is 0.136. The Balaban J connectivity index is 1.55. The van der Waals surface area contributed by atoms with Crippen LogP contribution in [0, 0.1) is 39.9 Å². The Morgan fingerprint density at radius 2 is 1.90 bits per heavy atom. The zero-order valence-corrected chi connectivity index (χ0v) is 12.3. The molecule has 20 heavy (non-hydrogen) atoms. The number of nitriles is 1. The van der Waals surface area contributed by atoms with Gasteiger partial charge in [-0.05, 0) is 74.5 Å². The summed E-state index contributed by atoms with van der Waals surface area (Å²) in [5, 5.41) is 12.4. The quantitative estimate of drug-likeness (QED) is 0.858. The van der Waals surface area contributed by atoms with E-state index in [4.69, 9.17) is 0 Å². The molecule has 1 amide bonds. The Bertz CT molecular complexity index is 474. The van der Waals surface area contributed by atoms with Gasteiger partial charge in [-0.3, -0.25) is 4.79 Å². The Kier molecular flexibility index (Phi) is 2.53. The van der Waals surface area contributed by atoms with Crippen molar-refractivity contribution in [2.45, 2.75) is 64.3 Å². The van der Waals surface area contributed by atoms with Crippen LogP contribution in [-0.4, -0.2) is 11.9 Å². The van der Waals surface area contributed by atoms with Gasteiger partial charge in [-0.25, -0.2) is 0 Å². The molecule has 5 rings (SSSR count). The first-order valence-electron chi connectivity index (χ1n) is 8.23. The first-order valence-corrected chi connectivity index (χ1v) is 8.23. The van der Waals surface area contributed by atoms with E-state index in [0.717, 1.165) is 43.9 Å². The van der Waals surface area contributed by atoms with Crippen molar-refractivity contribution >= 4 is 5.91 Å². The van der Waals surface area contributed by atoms with Crippen molar-refractivity contribution in [1.29, 1.82) is 5.26 Å². The van der Waals surface area contributed by atoms with Crippen molar-refractivity contribution < 1.29 is 4.79 Å². The third kappa shape index (κ3) is 1.88. The van der Waals surface area contributed by atoms with E-state index in [2.05, 4.69) is 18.3 Å². The molecule has 5 saturated carbocycles. The molecule has 0 aliphatic heterocycles. The van der Waals surface area contributed by atoms with Crippen LogP contribution < -0.4 is 5.32 Å². The molecular weight excluding hydrogens is 248 g/mol. The zero-order chi connectivity index (χ0) is 14.0. The van der Waals surface area contributed by atoms with E-state index in [1.165, 1.54) is 19.3 Å². The van der Waals surface area contributed by atoms with Crippen molar-refractivity contribution in [3.8, 4) is 6.07 Å². The summed E-state index contributed by atoms with van der Waals surface area (Å²) in [4.78, 5) is 12.9. The van der Waals surface area contributed by atoms with Crippen molar-refractivity contribution in [1.82, 2.24) is 5.32 Å². The zero-order valence-electron chi connectivity index (χ0n) is 12.3. The smallest absolute Gasteiger partial charge is 0.227 e. The van der Waals surface area contributed by atoms with Crippen LogP contribution in [0.2, 0.25) is 0 Å². The second-order valence-electron chi connectivity index (χ2n) is 8.47. The molecule has 4 bridgehead atoms. The summed E-state index contributed by atoms with van der Waals surface area (Å²) in [7, 11) is 0. The molecule has 0 heterocycles. The van der Waals surface area contributed by atoms with Gasteiger partial charge < -0.3 is 5.32 Å². The first-order chi connectivity index (χ1) is 9.52. The van der Waals surface area contributed by atoms with E-state index in [9.17, 15) is 10.1 Å². The molecule has 5 aliphatic carbocycles. The number of carbonyl (C=O) groups excluding carboxylic acids is 1. The summed E-state index contributed by atoms with van der Waals surface area (Å²) in [5.41, 5.74) is 0.256. The fourth-order valence-corrected chi connectivity index (χ4v) is 5.97. The molecule has 5 aliphatic rings. The molecule has 5 fully saturated rings. The lowest BCUT2D eigenvalue weighted by Gasteiger charge is -2.60. The number of nitrogens with one attached hydrogen (secondary N) is 1. The summed E-state index contributed by atoms with van der Waals surface area (Å²) in [6.07, 6.45) is 9.41. The van der Waals surface area contributed by atoms with Crippen LogP contribution in [-0.2, 0) is 4.79 Å². The van der Waals surface area contributed by atoms with Gasteiger partial charge in [0.1, 0.15) is 6.04 Å². The minimum Gasteiger partial charge on any atom is -0.340 e. The molecule has 0 spiro atoms. The standard InChI is InChI=1S/C17H24N2O/c1-16-5-11-4-12(6-16)8-17(7-11,10-16)15(20)19-14(9-18)13-2-3-13/h11-14H,2-8,10H2,1H3,(H,19,20). The molecule has 3 nitrogen and oxygen atoms in total. The highest BCUT2D eigenvalue weighted by atomic mass is 16.2. The minimum atomic E-state index is -0.233. The lowest BCUT2D eigenvalue weighted by molar-refractivity contribution is -0.155. The molecule has 0 radical (unpaired) electrons. The van der Waals surface area contributed by atoms with Gasteiger partial charge in [0, 0.05) is 0 Å². The molecule has 108 valence electrons. The van der Waals surface area contributed by atoms with Crippen molar-refractivity contribution in [2.75, 3.05) is 0 Å². The SMILES string of the molecule is CC12CC3CC(C1)CC(C(=O)NC(C#N)C1CC1)(C3)C2. The maximum atomic E-state index is 12.9. The van der Waals surface area contributed by atoms with Crippen LogP contribution >= 0.6 is 0 Å². The molecule has 0 aromatic rings. The predicted molar refractivity (Wildman–Crippen MR) is 75.5 cm³/mol. The third-order valence-electron chi connectivity index (χ3n) is 6.35. The number of nitrogens with zero attached hydrogens (tertiary/aromatic N) is 1. The number of rotatable bonds is 3. The number of hydrogen-bond acceptors (Lipinski definition) is 2. The van der Waals surface area contributed by atoms with Crippen LogP contribution in [0.3, 0.4) is 0 Å².